The van der Waals surface area contributed by atoms with Crippen LogP contribution in [0.4, 0.5) is 10.5 Å². The molecule has 0 aromatic heterocycles. The van der Waals surface area contributed by atoms with Gasteiger partial charge in [-0.3, -0.25) is 14.4 Å². The summed E-state index contributed by atoms with van der Waals surface area (Å²) in [5.74, 6) is -3.53. The van der Waals surface area contributed by atoms with Crippen molar-refractivity contribution in [2.75, 3.05) is 25.1 Å². The number of benzene rings is 4. The Kier molecular flexibility index (Phi) is 16.0. The Morgan fingerprint density at radius 2 is 1.37 bits per heavy atom. The highest BCUT2D eigenvalue weighted by molar-refractivity contribution is 6.00. The number of anilines is 1. The monoisotopic (exact) mass is 734 g/mol. The summed E-state index contributed by atoms with van der Waals surface area (Å²) in [4.78, 5) is 68.3. The molecule has 54 heavy (non-hydrogen) atoms. The Morgan fingerprint density at radius 3 is 2.04 bits per heavy atom. The zero-order chi connectivity index (χ0) is 38.7. The third-order valence-electron chi connectivity index (χ3n) is 8.42. The van der Waals surface area contributed by atoms with Crippen LogP contribution in [0.25, 0.3) is 10.8 Å². The number of ether oxygens (including phenoxy) is 2. The fourth-order valence-corrected chi connectivity index (χ4v) is 5.56. The molecule has 4 aromatic rings. The average molecular weight is 735 g/mol. The summed E-state index contributed by atoms with van der Waals surface area (Å²) in [6.07, 6.45) is 1.92. The highest BCUT2D eigenvalue weighted by Gasteiger charge is 2.31. The normalized spacial score (nSPS) is 12.3. The third kappa shape index (κ3) is 12.7. The van der Waals surface area contributed by atoms with Crippen molar-refractivity contribution >= 4 is 46.2 Å². The summed E-state index contributed by atoms with van der Waals surface area (Å²) in [6.45, 7) is 6.78. The summed E-state index contributed by atoms with van der Waals surface area (Å²) < 4.78 is 10.8. The SMILES string of the molecule is C=CCC(CC(=O)N(CCO)Cc1ccccc1)C(=O)NC(COC(=O)C(CC=C)NC(=O)OCc1ccccc1)C(=O)Nc1ccc2ccccc2c1. The maximum absolute atomic E-state index is 13.8. The highest BCUT2D eigenvalue weighted by atomic mass is 16.6. The number of carbonyl (C=O) groups excluding carboxylic acids is 5. The topological polar surface area (TPSA) is 163 Å². The Hall–Kier alpha value is -6.27. The molecule has 4 rings (SSSR count). The van der Waals surface area contributed by atoms with Crippen LogP contribution in [0, 0.1) is 5.92 Å². The van der Waals surface area contributed by atoms with E-state index in [1.165, 1.54) is 17.1 Å². The van der Waals surface area contributed by atoms with Crippen LogP contribution in [-0.2, 0) is 41.8 Å². The second-order valence-corrected chi connectivity index (χ2v) is 12.5. The smallest absolute Gasteiger partial charge is 0.408 e. The van der Waals surface area contributed by atoms with Crippen LogP contribution in [0.1, 0.15) is 30.4 Å². The first-order valence-corrected chi connectivity index (χ1v) is 17.6. The number of hydrogen-bond donors (Lipinski definition) is 4. The number of aliphatic hydroxyl groups is 1. The number of nitrogens with zero attached hydrogens (tertiary/aromatic N) is 1. The van der Waals surface area contributed by atoms with Gasteiger partial charge >= 0.3 is 12.1 Å². The van der Waals surface area contributed by atoms with Gasteiger partial charge < -0.3 is 35.4 Å². The van der Waals surface area contributed by atoms with E-state index in [0.29, 0.717) is 5.69 Å². The van der Waals surface area contributed by atoms with Crippen molar-refractivity contribution in [1.29, 1.82) is 0 Å². The van der Waals surface area contributed by atoms with E-state index in [-0.39, 0.29) is 51.5 Å². The molecule has 0 radical (unpaired) electrons. The molecule has 4 aromatic carbocycles. The van der Waals surface area contributed by atoms with E-state index in [1.54, 1.807) is 36.4 Å². The Morgan fingerprint density at radius 1 is 0.722 bits per heavy atom. The molecular weight excluding hydrogens is 688 g/mol. The van der Waals surface area contributed by atoms with E-state index in [9.17, 15) is 29.1 Å². The molecule has 0 heterocycles. The first-order valence-electron chi connectivity index (χ1n) is 17.6. The maximum atomic E-state index is 13.8. The molecule has 0 spiro atoms. The van der Waals surface area contributed by atoms with Crippen LogP contribution in [0.15, 0.2) is 128 Å². The van der Waals surface area contributed by atoms with Gasteiger partial charge in [0.1, 0.15) is 25.3 Å². The number of aliphatic hydroxyl groups excluding tert-OH is 1. The lowest BCUT2D eigenvalue weighted by Gasteiger charge is -2.26. The van der Waals surface area contributed by atoms with Gasteiger partial charge in [-0.25, -0.2) is 9.59 Å². The summed E-state index contributed by atoms with van der Waals surface area (Å²) in [6, 6.07) is 28.5. The van der Waals surface area contributed by atoms with Crippen LogP contribution in [0.5, 0.6) is 0 Å². The minimum atomic E-state index is -1.40. The van der Waals surface area contributed by atoms with Crippen molar-refractivity contribution in [3.63, 3.8) is 0 Å². The van der Waals surface area contributed by atoms with Crippen LogP contribution in [-0.4, -0.2) is 71.6 Å². The van der Waals surface area contributed by atoms with E-state index < -0.39 is 48.5 Å². The van der Waals surface area contributed by atoms with Crippen molar-refractivity contribution in [2.24, 2.45) is 5.92 Å². The number of hydrogen-bond acceptors (Lipinski definition) is 8. The van der Waals surface area contributed by atoms with Gasteiger partial charge in [-0.1, -0.05) is 103 Å². The maximum Gasteiger partial charge on any atom is 0.408 e. The predicted octanol–water partition coefficient (Wildman–Crippen LogP) is 5.28. The van der Waals surface area contributed by atoms with E-state index in [2.05, 4.69) is 29.1 Å². The molecule has 0 saturated heterocycles. The molecule has 12 heteroatoms. The fourth-order valence-electron chi connectivity index (χ4n) is 5.56. The molecule has 3 unspecified atom stereocenters. The van der Waals surface area contributed by atoms with Crippen molar-refractivity contribution in [2.45, 2.75) is 44.5 Å². The molecule has 282 valence electrons. The number of nitrogens with one attached hydrogen (secondary N) is 3. The first-order chi connectivity index (χ1) is 26.2. The lowest BCUT2D eigenvalue weighted by Crippen LogP contribution is -2.50. The predicted molar refractivity (Wildman–Crippen MR) is 206 cm³/mol. The van der Waals surface area contributed by atoms with Gasteiger partial charge in [0, 0.05) is 25.2 Å². The summed E-state index contributed by atoms with van der Waals surface area (Å²) >= 11 is 0. The Balaban J connectivity index is 1.48. The molecular formula is C42H46N4O8. The lowest BCUT2D eigenvalue weighted by molar-refractivity contribution is -0.148. The molecule has 0 saturated carbocycles. The van der Waals surface area contributed by atoms with Crippen molar-refractivity contribution < 1.29 is 38.6 Å². The first kappa shape index (κ1) is 40.5. The quantitative estimate of drug-likeness (QED) is 0.0704. The van der Waals surface area contributed by atoms with Crippen LogP contribution in [0.3, 0.4) is 0 Å². The minimum Gasteiger partial charge on any atom is -0.461 e. The van der Waals surface area contributed by atoms with Gasteiger partial charge in [0.25, 0.3) is 5.91 Å². The molecule has 4 amide bonds. The zero-order valence-electron chi connectivity index (χ0n) is 30.0. The van der Waals surface area contributed by atoms with E-state index >= 15 is 0 Å². The number of esters is 1. The molecule has 4 N–H and O–H groups in total. The summed E-state index contributed by atoms with van der Waals surface area (Å²) in [7, 11) is 0. The summed E-state index contributed by atoms with van der Waals surface area (Å²) in [5.41, 5.74) is 2.04. The third-order valence-corrected chi connectivity index (χ3v) is 8.42. The van der Waals surface area contributed by atoms with Gasteiger partial charge in [0.2, 0.25) is 11.8 Å². The van der Waals surface area contributed by atoms with Gasteiger partial charge in [0.15, 0.2) is 0 Å². The average Bonchev–Trinajstić information content (AvgIpc) is 3.18. The second kappa shape index (κ2) is 21.3. The number of amides is 4. The van der Waals surface area contributed by atoms with Gasteiger partial charge in [0.05, 0.1) is 12.5 Å². The number of carbonyl (C=O) groups is 5. The Bertz CT molecular complexity index is 1890. The number of allylic oxidation sites excluding steroid dienone is 1. The Labute approximate surface area is 314 Å². The van der Waals surface area contributed by atoms with E-state index in [1.807, 2.05) is 66.7 Å². The standard InChI is InChI=1S/C42H46N4O8/c1-3-13-34(26-38(48)46(23-24-47)27-30-15-7-5-8-16-30)39(49)44-37(40(50)43-35-22-21-32-19-11-12-20-33(32)25-35)29-53-41(51)36(14-4-2)45-42(52)54-28-31-17-9-6-10-18-31/h3-12,15-22,25,34,36-37,47H,1-2,13-14,23-24,26-29H2,(H,43,50)(H,44,49)(H,45,52). The molecule has 12 nitrogen and oxygen atoms in total. The van der Waals surface area contributed by atoms with Crippen LogP contribution < -0.4 is 16.0 Å². The molecule has 0 bridgehead atoms. The van der Waals surface area contributed by atoms with E-state index in [4.69, 9.17) is 9.47 Å². The molecule has 0 aliphatic heterocycles. The highest BCUT2D eigenvalue weighted by Crippen LogP contribution is 2.20. The number of fused-ring (bicyclic) bond motifs is 1. The largest absolute Gasteiger partial charge is 0.461 e. The number of alkyl carbamates (subject to hydrolysis) is 1. The molecule has 3 atom stereocenters. The van der Waals surface area contributed by atoms with Crippen LogP contribution in [0.2, 0.25) is 0 Å². The van der Waals surface area contributed by atoms with Crippen molar-refractivity contribution in [3.05, 3.63) is 140 Å². The van der Waals surface area contributed by atoms with Gasteiger partial charge in [-0.15, -0.1) is 13.2 Å². The molecule has 0 aliphatic rings. The molecule has 0 aliphatic carbocycles. The van der Waals surface area contributed by atoms with Crippen LogP contribution >= 0.6 is 0 Å². The van der Waals surface area contributed by atoms with Gasteiger partial charge in [-0.2, -0.15) is 0 Å². The van der Waals surface area contributed by atoms with Crippen molar-refractivity contribution in [1.82, 2.24) is 15.5 Å². The second-order valence-electron chi connectivity index (χ2n) is 12.5. The fraction of sp³-hybridized carbons (Fsp3) is 0.262. The van der Waals surface area contributed by atoms with Gasteiger partial charge in [-0.05, 0) is 46.9 Å². The van der Waals surface area contributed by atoms with E-state index in [0.717, 1.165) is 21.9 Å². The number of rotatable bonds is 20. The zero-order valence-corrected chi connectivity index (χ0v) is 30.0. The lowest BCUT2D eigenvalue weighted by atomic mass is 9.98. The molecule has 0 fully saturated rings. The summed E-state index contributed by atoms with van der Waals surface area (Å²) in [5, 5.41) is 19.4. The van der Waals surface area contributed by atoms with Crippen molar-refractivity contribution in [3.8, 4) is 0 Å². The minimum absolute atomic E-state index is 0.00355.